The van der Waals surface area contributed by atoms with E-state index in [0.717, 1.165) is 22.8 Å². The molecule has 10 rings (SSSR count). The Morgan fingerprint density at radius 2 is 1.12 bits per heavy atom. The molecule has 0 amide bonds. The fraction of sp³-hybridized carbons (Fsp3) is 0.0426. The average molecular weight is 640 g/mol. The van der Waals surface area contributed by atoms with Crippen LogP contribution in [0.1, 0.15) is 11.5 Å². The fourth-order valence-corrected chi connectivity index (χ4v) is 8.06. The number of para-hydroxylation sites is 2. The van der Waals surface area contributed by atoms with Gasteiger partial charge in [-0.15, -0.1) is 0 Å². The van der Waals surface area contributed by atoms with Gasteiger partial charge in [0.25, 0.3) is 0 Å². The van der Waals surface area contributed by atoms with Gasteiger partial charge < -0.3 is 9.47 Å². The van der Waals surface area contributed by atoms with E-state index in [1.807, 2.05) is 0 Å². The molecule has 3 nitrogen and oxygen atoms in total. The molecule has 0 fully saturated rings. The molecule has 0 bridgehead atoms. The molecule has 1 aliphatic carbocycles. The van der Waals surface area contributed by atoms with Crippen molar-refractivity contribution in [3.05, 3.63) is 194 Å². The third kappa shape index (κ3) is 4.55. The van der Waals surface area contributed by atoms with Crippen molar-refractivity contribution < 1.29 is 0 Å². The zero-order valence-corrected chi connectivity index (χ0v) is 27.4. The first-order chi connectivity index (χ1) is 24.8. The van der Waals surface area contributed by atoms with Crippen molar-refractivity contribution in [2.45, 2.75) is 12.0 Å². The van der Waals surface area contributed by atoms with Crippen molar-refractivity contribution in [1.29, 1.82) is 0 Å². The number of benzene rings is 6. The quantitative estimate of drug-likeness (QED) is 0.187. The summed E-state index contributed by atoms with van der Waals surface area (Å²) in [6, 6.07) is 58.9. The lowest BCUT2D eigenvalue weighted by molar-refractivity contribution is 0.738. The van der Waals surface area contributed by atoms with Crippen LogP contribution in [0.3, 0.4) is 0 Å². The normalized spacial score (nSPS) is 16.2. The van der Waals surface area contributed by atoms with Gasteiger partial charge in [-0.05, 0) is 76.3 Å². The number of fused-ring (bicyclic) bond motifs is 7. The van der Waals surface area contributed by atoms with E-state index in [4.69, 9.17) is 4.98 Å². The first-order valence-corrected chi connectivity index (χ1v) is 17.3. The second kappa shape index (κ2) is 11.6. The summed E-state index contributed by atoms with van der Waals surface area (Å²) < 4.78 is 2.45. The summed E-state index contributed by atoms with van der Waals surface area (Å²) in [7, 11) is 0. The maximum Gasteiger partial charge on any atom is 0.134 e. The van der Waals surface area contributed by atoms with Crippen molar-refractivity contribution >= 4 is 33.3 Å². The third-order valence-electron chi connectivity index (χ3n) is 10.3. The number of pyridine rings is 1. The summed E-state index contributed by atoms with van der Waals surface area (Å²) in [5, 5.41) is 2.50. The van der Waals surface area contributed by atoms with Gasteiger partial charge >= 0.3 is 0 Å². The minimum Gasteiger partial charge on any atom is -0.316 e. The van der Waals surface area contributed by atoms with E-state index >= 15 is 0 Å². The average Bonchev–Trinajstić information content (AvgIpc) is 3.72. The molecular formula is C47H33N3. The van der Waals surface area contributed by atoms with Crippen LogP contribution >= 0.6 is 0 Å². The van der Waals surface area contributed by atoms with Crippen molar-refractivity contribution in [2.75, 3.05) is 4.90 Å². The molecule has 0 saturated heterocycles. The summed E-state index contributed by atoms with van der Waals surface area (Å²) in [4.78, 5) is 8.00. The molecule has 1 aliphatic heterocycles. The highest BCUT2D eigenvalue weighted by Gasteiger charge is 2.40. The van der Waals surface area contributed by atoms with Crippen molar-refractivity contribution in [1.82, 2.24) is 9.55 Å². The van der Waals surface area contributed by atoms with E-state index in [1.165, 1.54) is 55.3 Å². The van der Waals surface area contributed by atoms with Gasteiger partial charge in [-0.2, -0.15) is 0 Å². The number of hydrogen-bond donors (Lipinski definition) is 0. The van der Waals surface area contributed by atoms with Crippen LogP contribution in [-0.2, 0) is 0 Å². The standard InChI is InChI=1S/C47H33N3/c1-4-15-32(16-5-1)34-29-35(33-17-6-2-7-18-33)31-36(30-34)42-23-14-26-45(48-42)50-44-25-13-11-22-39(44)41-28-27-40-38-21-10-12-24-43(38)49(46(40)47(41)50)37-19-8-3-9-20-37/h1-31,39,44H. The second-order valence-corrected chi connectivity index (χ2v) is 13.2. The maximum atomic E-state index is 5.51. The zero-order valence-electron chi connectivity index (χ0n) is 27.4. The molecule has 6 aromatic carbocycles. The Balaban J connectivity index is 1.20. The Bertz CT molecular complexity index is 2540. The Morgan fingerprint density at radius 1 is 0.480 bits per heavy atom. The van der Waals surface area contributed by atoms with E-state index in [9.17, 15) is 0 Å². The molecule has 0 spiro atoms. The molecule has 3 heterocycles. The highest BCUT2D eigenvalue weighted by Crippen LogP contribution is 2.52. The second-order valence-electron chi connectivity index (χ2n) is 13.2. The Hall–Kier alpha value is -6.45. The summed E-state index contributed by atoms with van der Waals surface area (Å²) >= 11 is 0. The molecule has 0 radical (unpaired) electrons. The van der Waals surface area contributed by atoms with Crippen LogP contribution < -0.4 is 4.90 Å². The summed E-state index contributed by atoms with van der Waals surface area (Å²) in [6.45, 7) is 0. The predicted octanol–water partition coefficient (Wildman–Crippen LogP) is 11.9. The monoisotopic (exact) mass is 639 g/mol. The Kier molecular flexibility index (Phi) is 6.63. The minimum atomic E-state index is 0.112. The predicted molar refractivity (Wildman–Crippen MR) is 208 cm³/mol. The minimum absolute atomic E-state index is 0.112. The summed E-state index contributed by atoms with van der Waals surface area (Å²) in [5.41, 5.74) is 12.9. The number of nitrogens with zero attached hydrogens (tertiary/aromatic N) is 3. The van der Waals surface area contributed by atoms with E-state index < -0.39 is 0 Å². The molecule has 236 valence electrons. The van der Waals surface area contributed by atoms with Gasteiger partial charge in [0.1, 0.15) is 5.82 Å². The van der Waals surface area contributed by atoms with Crippen molar-refractivity contribution in [2.24, 2.45) is 0 Å². The zero-order chi connectivity index (χ0) is 33.0. The first kappa shape index (κ1) is 28.6. The lowest BCUT2D eigenvalue weighted by Crippen LogP contribution is -2.29. The maximum absolute atomic E-state index is 5.51. The van der Waals surface area contributed by atoms with E-state index in [0.29, 0.717) is 0 Å². The smallest absolute Gasteiger partial charge is 0.134 e. The molecule has 2 aromatic heterocycles. The number of anilines is 2. The Morgan fingerprint density at radius 3 is 1.86 bits per heavy atom. The fourth-order valence-electron chi connectivity index (χ4n) is 8.06. The summed E-state index contributed by atoms with van der Waals surface area (Å²) in [5.74, 6) is 1.16. The van der Waals surface area contributed by atoms with Crippen LogP contribution in [0.4, 0.5) is 11.5 Å². The van der Waals surface area contributed by atoms with Gasteiger partial charge in [0.05, 0.1) is 28.5 Å². The lowest BCUT2D eigenvalue weighted by Gasteiger charge is -2.28. The van der Waals surface area contributed by atoms with E-state index in [-0.39, 0.29) is 12.0 Å². The SMILES string of the molecule is C1=CC2c3ccc4c5ccccc5n(-c5ccccc5)c4c3N(c3cccc(-c4cc(-c5ccccc5)cc(-c5ccccc5)c4)n3)C2C=C1. The van der Waals surface area contributed by atoms with E-state index in [2.05, 4.69) is 198 Å². The topological polar surface area (TPSA) is 21.1 Å². The third-order valence-corrected chi connectivity index (χ3v) is 10.3. The Labute approximate surface area is 291 Å². The molecule has 50 heavy (non-hydrogen) atoms. The van der Waals surface area contributed by atoms with Crippen LogP contribution in [0, 0.1) is 0 Å². The molecule has 2 aliphatic rings. The van der Waals surface area contributed by atoms with Gasteiger partial charge in [0, 0.05) is 27.9 Å². The van der Waals surface area contributed by atoms with Gasteiger partial charge in [0.2, 0.25) is 0 Å². The number of allylic oxidation sites excluding steroid dienone is 2. The van der Waals surface area contributed by atoms with Crippen LogP contribution in [0.2, 0.25) is 0 Å². The molecule has 2 unspecified atom stereocenters. The van der Waals surface area contributed by atoms with Crippen LogP contribution in [0.25, 0.3) is 61.0 Å². The molecule has 3 heteroatoms. The van der Waals surface area contributed by atoms with Gasteiger partial charge in [-0.25, -0.2) is 4.98 Å². The van der Waals surface area contributed by atoms with Gasteiger partial charge in [0.15, 0.2) is 0 Å². The number of hydrogen-bond acceptors (Lipinski definition) is 2. The molecular weight excluding hydrogens is 607 g/mol. The lowest BCUT2D eigenvalue weighted by atomic mass is 9.91. The highest BCUT2D eigenvalue weighted by molar-refractivity contribution is 6.15. The number of aromatic nitrogens is 2. The summed E-state index contributed by atoms with van der Waals surface area (Å²) in [6.07, 6.45) is 9.06. The highest BCUT2D eigenvalue weighted by atomic mass is 15.3. The first-order valence-electron chi connectivity index (χ1n) is 17.3. The van der Waals surface area contributed by atoms with Crippen molar-refractivity contribution in [3.8, 4) is 39.2 Å². The number of rotatable bonds is 5. The van der Waals surface area contributed by atoms with Gasteiger partial charge in [-0.3, -0.25) is 0 Å². The van der Waals surface area contributed by atoms with Crippen LogP contribution in [0.5, 0.6) is 0 Å². The molecule has 8 aromatic rings. The van der Waals surface area contributed by atoms with Gasteiger partial charge in [-0.1, -0.05) is 140 Å². The molecule has 0 N–H and O–H groups in total. The van der Waals surface area contributed by atoms with Crippen LogP contribution in [0.15, 0.2) is 188 Å². The van der Waals surface area contributed by atoms with E-state index in [1.54, 1.807) is 0 Å². The molecule has 0 saturated carbocycles. The van der Waals surface area contributed by atoms with Crippen LogP contribution in [-0.4, -0.2) is 15.6 Å². The van der Waals surface area contributed by atoms with Crippen molar-refractivity contribution in [3.63, 3.8) is 0 Å². The largest absolute Gasteiger partial charge is 0.316 e. The molecule has 2 atom stereocenters.